The summed E-state index contributed by atoms with van der Waals surface area (Å²) in [5.74, 6) is 4.52. The molecule has 0 saturated heterocycles. The minimum Gasteiger partial charge on any atom is -0.391 e. The van der Waals surface area contributed by atoms with Crippen LogP contribution in [0.1, 0.15) is 28.4 Å². The SMILES string of the molecule is C[C@@H](O)[C@H](NC(=O)c1ccc(C=CC#Cc2ccccc2)cc1)C(=O)NO. The maximum Gasteiger partial charge on any atom is 0.268 e. The number of hydroxylamine groups is 1. The lowest BCUT2D eigenvalue weighted by Crippen LogP contribution is -2.51. The van der Waals surface area contributed by atoms with Crippen LogP contribution in [0, 0.1) is 11.8 Å². The molecule has 2 atom stereocenters. The second kappa shape index (κ2) is 9.92. The highest BCUT2D eigenvalue weighted by Crippen LogP contribution is 2.07. The van der Waals surface area contributed by atoms with E-state index in [1.54, 1.807) is 30.3 Å². The van der Waals surface area contributed by atoms with Crippen LogP contribution in [-0.2, 0) is 4.79 Å². The molecule has 2 aromatic rings. The predicted molar refractivity (Wildman–Crippen MR) is 102 cm³/mol. The van der Waals surface area contributed by atoms with Crippen molar-refractivity contribution in [3.05, 3.63) is 77.4 Å². The number of hydrogen-bond donors (Lipinski definition) is 4. The molecule has 2 amide bonds. The first-order valence-corrected chi connectivity index (χ1v) is 8.27. The van der Waals surface area contributed by atoms with E-state index in [4.69, 9.17) is 5.21 Å². The van der Waals surface area contributed by atoms with Crippen LogP contribution in [-0.4, -0.2) is 34.3 Å². The largest absolute Gasteiger partial charge is 0.391 e. The first-order valence-electron chi connectivity index (χ1n) is 8.27. The first-order chi connectivity index (χ1) is 13.0. The molecule has 6 nitrogen and oxygen atoms in total. The molecule has 0 heterocycles. The molecule has 2 aromatic carbocycles. The van der Waals surface area contributed by atoms with Crippen LogP contribution in [0.15, 0.2) is 60.7 Å². The van der Waals surface area contributed by atoms with E-state index in [0.29, 0.717) is 5.56 Å². The molecule has 0 aliphatic heterocycles. The van der Waals surface area contributed by atoms with Crippen LogP contribution in [0.2, 0.25) is 0 Å². The van der Waals surface area contributed by atoms with Crippen molar-refractivity contribution in [3.63, 3.8) is 0 Å². The average Bonchev–Trinajstić information content (AvgIpc) is 2.69. The molecule has 0 aliphatic rings. The Hall–Kier alpha value is -3.40. The highest BCUT2D eigenvalue weighted by molar-refractivity contribution is 5.97. The number of rotatable bonds is 5. The van der Waals surface area contributed by atoms with Gasteiger partial charge < -0.3 is 10.4 Å². The third kappa shape index (κ3) is 6.12. The standard InChI is InChI=1S/C21H20N2O4/c1-15(24)19(21(26)23-27)22-20(25)18-13-11-17(12-14-18)10-6-5-9-16-7-3-2-4-8-16/h2-4,6-8,10-15,19,24,27H,1H3,(H,22,25)(H,23,26)/t15-,19+/m1/s1. The molecule has 4 N–H and O–H groups in total. The van der Waals surface area contributed by atoms with Crippen LogP contribution < -0.4 is 10.8 Å². The minimum atomic E-state index is -1.25. The summed E-state index contributed by atoms with van der Waals surface area (Å²) in [7, 11) is 0. The number of allylic oxidation sites excluding steroid dienone is 1. The van der Waals surface area contributed by atoms with E-state index in [0.717, 1.165) is 11.1 Å². The molecule has 6 heteroatoms. The molecule has 0 bridgehead atoms. The number of hydrogen-bond acceptors (Lipinski definition) is 4. The van der Waals surface area contributed by atoms with Gasteiger partial charge in [0.25, 0.3) is 11.8 Å². The number of amides is 2. The van der Waals surface area contributed by atoms with Crippen molar-refractivity contribution in [2.75, 3.05) is 0 Å². The molecule has 27 heavy (non-hydrogen) atoms. The van der Waals surface area contributed by atoms with Crippen molar-refractivity contribution in [1.29, 1.82) is 0 Å². The van der Waals surface area contributed by atoms with Crippen molar-refractivity contribution in [2.24, 2.45) is 0 Å². The topological polar surface area (TPSA) is 98.7 Å². The lowest BCUT2D eigenvalue weighted by molar-refractivity contribution is -0.133. The molecule has 0 spiro atoms. The van der Waals surface area contributed by atoms with Crippen LogP contribution in [0.5, 0.6) is 0 Å². The number of aliphatic hydroxyl groups excluding tert-OH is 1. The zero-order chi connectivity index (χ0) is 19.6. The summed E-state index contributed by atoms with van der Waals surface area (Å²) < 4.78 is 0. The molecule has 0 unspecified atom stereocenters. The van der Waals surface area contributed by atoms with Crippen molar-refractivity contribution in [3.8, 4) is 11.8 Å². The van der Waals surface area contributed by atoms with Crippen molar-refractivity contribution >= 4 is 17.9 Å². The van der Waals surface area contributed by atoms with E-state index < -0.39 is 24.0 Å². The highest BCUT2D eigenvalue weighted by Gasteiger charge is 2.25. The van der Waals surface area contributed by atoms with Gasteiger partial charge in [-0.25, -0.2) is 5.48 Å². The fraction of sp³-hybridized carbons (Fsp3) is 0.143. The van der Waals surface area contributed by atoms with Gasteiger partial charge in [-0.05, 0) is 48.9 Å². The molecule has 2 rings (SSSR count). The van der Waals surface area contributed by atoms with E-state index in [9.17, 15) is 14.7 Å². The Bertz CT molecular complexity index is 863. The fourth-order valence-electron chi connectivity index (χ4n) is 2.23. The van der Waals surface area contributed by atoms with E-state index in [-0.39, 0.29) is 0 Å². The second-order valence-corrected chi connectivity index (χ2v) is 5.76. The van der Waals surface area contributed by atoms with Gasteiger partial charge in [0, 0.05) is 11.1 Å². The van der Waals surface area contributed by atoms with Crippen LogP contribution in [0.3, 0.4) is 0 Å². The van der Waals surface area contributed by atoms with Crippen LogP contribution in [0.25, 0.3) is 6.08 Å². The van der Waals surface area contributed by atoms with Crippen molar-refractivity contribution in [1.82, 2.24) is 10.8 Å². The second-order valence-electron chi connectivity index (χ2n) is 5.76. The Morgan fingerprint density at radius 2 is 1.74 bits per heavy atom. The predicted octanol–water partition coefficient (Wildman–Crippen LogP) is 1.74. The highest BCUT2D eigenvalue weighted by atomic mass is 16.5. The van der Waals surface area contributed by atoms with Gasteiger partial charge in [0.15, 0.2) is 0 Å². The minimum absolute atomic E-state index is 0.318. The molecule has 0 radical (unpaired) electrons. The van der Waals surface area contributed by atoms with Gasteiger partial charge in [-0.2, -0.15) is 0 Å². The van der Waals surface area contributed by atoms with E-state index in [2.05, 4.69) is 17.2 Å². The van der Waals surface area contributed by atoms with Gasteiger partial charge >= 0.3 is 0 Å². The summed E-state index contributed by atoms with van der Waals surface area (Å²) in [4.78, 5) is 23.6. The van der Waals surface area contributed by atoms with E-state index in [1.807, 2.05) is 36.4 Å². The van der Waals surface area contributed by atoms with E-state index >= 15 is 0 Å². The van der Waals surface area contributed by atoms with Gasteiger partial charge in [0.05, 0.1) is 6.10 Å². The smallest absolute Gasteiger partial charge is 0.268 e. The summed E-state index contributed by atoms with van der Waals surface area (Å²) in [5.41, 5.74) is 3.52. The monoisotopic (exact) mass is 364 g/mol. The molecular formula is C21H20N2O4. The Morgan fingerprint density at radius 1 is 1.07 bits per heavy atom. The number of benzene rings is 2. The summed E-state index contributed by atoms with van der Waals surface area (Å²) in [6.45, 7) is 1.34. The number of carbonyl (C=O) groups excluding carboxylic acids is 2. The molecule has 138 valence electrons. The van der Waals surface area contributed by atoms with Crippen LogP contribution in [0.4, 0.5) is 0 Å². The van der Waals surface area contributed by atoms with Crippen molar-refractivity contribution in [2.45, 2.75) is 19.1 Å². The summed E-state index contributed by atoms with van der Waals surface area (Å²) in [6.07, 6.45) is 2.37. The Kier molecular flexibility index (Phi) is 7.32. The van der Waals surface area contributed by atoms with Gasteiger partial charge in [0.2, 0.25) is 0 Å². The maximum absolute atomic E-state index is 12.2. The van der Waals surface area contributed by atoms with Crippen LogP contribution >= 0.6 is 0 Å². The molecule has 0 aromatic heterocycles. The normalized spacial score (nSPS) is 12.6. The van der Waals surface area contributed by atoms with Gasteiger partial charge in [-0.15, -0.1) is 0 Å². The fourth-order valence-corrected chi connectivity index (χ4v) is 2.23. The lowest BCUT2D eigenvalue weighted by atomic mass is 10.1. The number of carbonyl (C=O) groups is 2. The average molecular weight is 364 g/mol. The van der Waals surface area contributed by atoms with Gasteiger partial charge in [-0.3, -0.25) is 14.8 Å². The Balaban J connectivity index is 2.00. The molecule has 0 saturated carbocycles. The maximum atomic E-state index is 12.2. The van der Waals surface area contributed by atoms with Gasteiger partial charge in [-0.1, -0.05) is 42.2 Å². The lowest BCUT2D eigenvalue weighted by Gasteiger charge is -2.19. The zero-order valence-electron chi connectivity index (χ0n) is 14.7. The molecular weight excluding hydrogens is 344 g/mol. The molecule has 0 aliphatic carbocycles. The summed E-state index contributed by atoms with van der Waals surface area (Å²) >= 11 is 0. The third-order valence-electron chi connectivity index (χ3n) is 3.68. The van der Waals surface area contributed by atoms with E-state index in [1.165, 1.54) is 12.4 Å². The summed E-state index contributed by atoms with van der Waals surface area (Å²) in [6, 6.07) is 15.0. The first kappa shape index (κ1) is 19.9. The summed E-state index contributed by atoms with van der Waals surface area (Å²) in [5, 5.41) is 20.6. The molecule has 0 fully saturated rings. The Morgan fingerprint density at radius 3 is 2.33 bits per heavy atom. The van der Waals surface area contributed by atoms with Crippen molar-refractivity contribution < 1.29 is 19.9 Å². The zero-order valence-corrected chi connectivity index (χ0v) is 14.7. The third-order valence-corrected chi connectivity index (χ3v) is 3.68. The number of nitrogens with one attached hydrogen (secondary N) is 2. The number of aliphatic hydroxyl groups is 1. The quantitative estimate of drug-likeness (QED) is 0.369. The Labute approximate surface area is 157 Å². The van der Waals surface area contributed by atoms with Gasteiger partial charge in [0.1, 0.15) is 6.04 Å².